The Bertz CT molecular complexity index is 2310. The number of hydrogen-bond donors (Lipinski definition) is 4. The molecule has 16 nitrogen and oxygen atoms in total. The molecule has 0 saturated heterocycles. The topological polar surface area (TPSA) is 237 Å². The largest absolute Gasteiger partial charge is 0.371 e. The minimum Gasteiger partial charge on any atom is -0.371 e. The van der Waals surface area contributed by atoms with Crippen LogP contribution < -0.4 is 15.5 Å². The fraction of sp³-hybridized carbons (Fsp3) is 0.314. The summed E-state index contributed by atoms with van der Waals surface area (Å²) < 4.78 is 65.1. The Balaban J connectivity index is 1.79. The van der Waals surface area contributed by atoms with Gasteiger partial charge < -0.3 is 15.5 Å². The number of nitrogens with one attached hydrogen (secondary N) is 2. The zero-order valence-corrected chi connectivity index (χ0v) is 33.3. The first kappa shape index (κ1) is 42.8. The third-order valence-corrected chi connectivity index (χ3v) is 9.96. The van der Waals surface area contributed by atoms with E-state index >= 15 is 0 Å². The molecule has 0 spiro atoms. The average Bonchev–Trinajstić information content (AvgIpc) is 3.44. The van der Waals surface area contributed by atoms with Gasteiger partial charge in [-0.15, -0.1) is 10.2 Å². The molecule has 0 radical (unpaired) electrons. The lowest BCUT2D eigenvalue weighted by molar-refractivity contribution is -0.114. The van der Waals surface area contributed by atoms with Crippen molar-refractivity contribution in [3.05, 3.63) is 87.5 Å². The van der Waals surface area contributed by atoms with Gasteiger partial charge in [0.2, 0.25) is 5.91 Å². The van der Waals surface area contributed by atoms with Crippen molar-refractivity contribution in [1.29, 1.82) is 5.26 Å². The number of azo groups is 1. The number of carbonyl (C=O) groups excluding carboxylic acids is 2. The number of benzene rings is 3. The molecule has 4 aromatic rings. The van der Waals surface area contributed by atoms with Crippen LogP contribution in [0.25, 0.3) is 5.69 Å². The Hall–Kier alpha value is -4.90. The Morgan fingerprint density at radius 2 is 1.49 bits per heavy atom. The van der Waals surface area contributed by atoms with Crippen LogP contribution in [0.4, 0.5) is 28.6 Å². The van der Waals surface area contributed by atoms with Gasteiger partial charge in [0.05, 0.1) is 32.9 Å². The van der Waals surface area contributed by atoms with E-state index in [4.69, 9.17) is 23.2 Å². The second-order valence-corrected chi connectivity index (χ2v) is 17.2. The fourth-order valence-electron chi connectivity index (χ4n) is 5.36. The molecule has 292 valence electrons. The number of carbonyl (C=O) groups is 2. The molecule has 0 aliphatic heterocycles. The third-order valence-electron chi connectivity index (χ3n) is 7.77. The number of hydrogen-bond acceptors (Lipinski definition) is 11. The quantitative estimate of drug-likeness (QED) is 0.0683. The van der Waals surface area contributed by atoms with E-state index in [1.165, 1.54) is 35.9 Å². The number of aromatic nitrogens is 2. The van der Waals surface area contributed by atoms with Gasteiger partial charge in [-0.1, -0.05) is 62.2 Å². The molecule has 4 rings (SSSR count). The molecule has 3 aromatic carbocycles. The van der Waals surface area contributed by atoms with E-state index in [0.29, 0.717) is 22.6 Å². The van der Waals surface area contributed by atoms with E-state index in [-0.39, 0.29) is 64.4 Å². The van der Waals surface area contributed by atoms with Crippen LogP contribution in [0.15, 0.2) is 70.9 Å². The van der Waals surface area contributed by atoms with Crippen molar-refractivity contribution in [1.82, 2.24) is 9.78 Å². The first-order valence-electron chi connectivity index (χ1n) is 16.5. The Labute approximate surface area is 328 Å². The van der Waals surface area contributed by atoms with Gasteiger partial charge in [0.25, 0.3) is 26.1 Å². The lowest BCUT2D eigenvalue weighted by Gasteiger charge is -2.25. The lowest BCUT2D eigenvalue weighted by atomic mass is 9.90. The highest BCUT2D eigenvalue weighted by molar-refractivity contribution is 7.86. The number of nitriles is 1. The van der Waals surface area contributed by atoms with Gasteiger partial charge in [-0.2, -0.15) is 27.2 Å². The lowest BCUT2D eigenvalue weighted by Crippen LogP contribution is -2.28. The predicted octanol–water partition coefficient (Wildman–Crippen LogP) is 7.34. The minimum atomic E-state index is -4.28. The summed E-state index contributed by atoms with van der Waals surface area (Å²) in [4.78, 5) is 26.7. The summed E-state index contributed by atoms with van der Waals surface area (Å²) in [5.41, 5.74) is 1.29. The molecule has 55 heavy (non-hydrogen) atoms. The Morgan fingerprint density at radius 1 is 0.909 bits per heavy atom. The maximum absolute atomic E-state index is 12.8. The van der Waals surface area contributed by atoms with Crippen molar-refractivity contribution in [2.24, 2.45) is 10.2 Å². The van der Waals surface area contributed by atoms with Crippen LogP contribution in [-0.2, 0) is 30.4 Å². The van der Waals surface area contributed by atoms with E-state index in [1.54, 1.807) is 41.3 Å². The molecule has 0 fully saturated rings. The molecule has 0 aliphatic rings. The average molecular weight is 834 g/mol. The molecule has 0 aliphatic carbocycles. The predicted molar refractivity (Wildman–Crippen MR) is 211 cm³/mol. The Kier molecular flexibility index (Phi) is 13.8. The maximum Gasteiger partial charge on any atom is 0.264 e. The van der Waals surface area contributed by atoms with Crippen molar-refractivity contribution in [2.75, 3.05) is 40.1 Å². The molecule has 0 atom stereocenters. The van der Waals surface area contributed by atoms with Gasteiger partial charge >= 0.3 is 0 Å². The number of amides is 2. The van der Waals surface area contributed by atoms with Gasteiger partial charge in [0.1, 0.15) is 23.0 Å². The highest BCUT2D eigenvalue weighted by atomic mass is 35.5. The van der Waals surface area contributed by atoms with Crippen molar-refractivity contribution < 1.29 is 35.5 Å². The third kappa shape index (κ3) is 12.0. The molecule has 0 unspecified atom stereocenters. The number of rotatable bonds is 15. The monoisotopic (exact) mass is 832 g/mol. The molecule has 1 heterocycles. The standard InChI is InChI=1S/C35H38Cl2N8O8S2/c1-22(46)39-30-20-25(44(14-8-16-54(48,49)50)15-9-17-55(51,52)53)12-13-29(30)41-42-33-26(21-38)32(35(2,3)4)43-45(33)31-27(36)18-24(19-28(31)37)40-34(47)23-10-6-5-7-11-23/h5-7,10-13,18-20H,8-9,14-17H2,1-4H3,(H,39,46)(H,40,47)(H,48,49,50)(H,51,52,53)/b42-41+. The minimum absolute atomic E-state index is 0.0236. The number of halogens is 2. The normalized spacial score (nSPS) is 12.1. The molecule has 20 heteroatoms. The van der Waals surface area contributed by atoms with Crippen LogP contribution in [0.3, 0.4) is 0 Å². The molecule has 2 amide bonds. The highest BCUT2D eigenvalue weighted by Gasteiger charge is 2.30. The van der Waals surface area contributed by atoms with Gasteiger partial charge in [-0.25, -0.2) is 4.68 Å². The fourth-order valence-corrected chi connectivity index (χ4v) is 7.00. The van der Waals surface area contributed by atoms with E-state index in [0.717, 1.165) is 0 Å². The van der Waals surface area contributed by atoms with Crippen LogP contribution in [0.1, 0.15) is 62.2 Å². The van der Waals surface area contributed by atoms with Crippen molar-refractivity contribution in [2.45, 2.75) is 46.0 Å². The van der Waals surface area contributed by atoms with E-state index in [1.807, 2.05) is 20.8 Å². The molecule has 4 N–H and O–H groups in total. The summed E-state index contributed by atoms with van der Waals surface area (Å²) in [6.45, 7) is 6.91. The van der Waals surface area contributed by atoms with Crippen molar-refractivity contribution in [3.8, 4) is 11.8 Å². The van der Waals surface area contributed by atoms with Gasteiger partial charge in [-0.05, 0) is 55.3 Å². The van der Waals surface area contributed by atoms with Gasteiger partial charge in [-0.3, -0.25) is 18.7 Å². The summed E-state index contributed by atoms with van der Waals surface area (Å²) in [5, 5.41) is 29.3. The number of anilines is 3. The molecule has 1 aromatic heterocycles. The van der Waals surface area contributed by atoms with Crippen LogP contribution >= 0.6 is 23.2 Å². The second-order valence-electron chi connectivity index (χ2n) is 13.3. The summed E-state index contributed by atoms with van der Waals surface area (Å²) in [6.07, 6.45) is -0.0473. The van der Waals surface area contributed by atoms with Crippen LogP contribution in [-0.4, -0.2) is 72.1 Å². The van der Waals surface area contributed by atoms with E-state index in [2.05, 4.69) is 32.0 Å². The molecular weight excluding hydrogens is 795 g/mol. The SMILES string of the molecule is CC(=O)Nc1cc(N(CCCS(=O)(=O)O)CCCS(=O)(=O)O)ccc1/N=N/c1c(C#N)c(C(C)(C)C)nn1-c1c(Cl)cc(NC(=O)c2ccccc2)cc1Cl. The molecule has 0 bridgehead atoms. The molecule has 0 saturated carbocycles. The summed E-state index contributed by atoms with van der Waals surface area (Å²) >= 11 is 13.5. The zero-order valence-electron chi connectivity index (χ0n) is 30.1. The van der Waals surface area contributed by atoms with Gasteiger partial charge in [0, 0.05) is 42.4 Å². The highest BCUT2D eigenvalue weighted by Crippen LogP contribution is 2.40. The maximum atomic E-state index is 12.8. The summed E-state index contributed by atoms with van der Waals surface area (Å²) in [7, 11) is -8.56. The zero-order chi connectivity index (χ0) is 40.7. The van der Waals surface area contributed by atoms with Crippen molar-refractivity contribution >= 4 is 83.8 Å². The van der Waals surface area contributed by atoms with Crippen LogP contribution in [0, 0.1) is 11.3 Å². The summed E-state index contributed by atoms with van der Waals surface area (Å²) in [5.74, 6) is -2.04. The second kappa shape index (κ2) is 17.7. The first-order valence-corrected chi connectivity index (χ1v) is 20.5. The summed E-state index contributed by atoms with van der Waals surface area (Å²) in [6, 6.07) is 18.2. The first-order chi connectivity index (χ1) is 25.7. The van der Waals surface area contributed by atoms with Crippen LogP contribution in [0.2, 0.25) is 10.0 Å². The number of nitrogens with zero attached hydrogens (tertiary/aromatic N) is 6. The smallest absolute Gasteiger partial charge is 0.264 e. The van der Waals surface area contributed by atoms with E-state index in [9.17, 15) is 40.8 Å². The Morgan fingerprint density at radius 3 is 2.00 bits per heavy atom. The van der Waals surface area contributed by atoms with E-state index < -0.39 is 49.0 Å². The molecular formula is C35H38Cl2N8O8S2. The van der Waals surface area contributed by atoms with Gasteiger partial charge in [0.15, 0.2) is 5.82 Å². The van der Waals surface area contributed by atoms with Crippen LogP contribution in [0.5, 0.6) is 0 Å². The van der Waals surface area contributed by atoms with Crippen molar-refractivity contribution in [3.63, 3.8) is 0 Å².